The summed E-state index contributed by atoms with van der Waals surface area (Å²) in [6.07, 6.45) is 3.70. The van der Waals surface area contributed by atoms with E-state index >= 15 is 0 Å². The number of rotatable bonds is 7. The monoisotopic (exact) mass is 481 g/mol. The van der Waals surface area contributed by atoms with Crippen LogP contribution in [-0.2, 0) is 16.1 Å². The highest BCUT2D eigenvalue weighted by Gasteiger charge is 2.18. The molecule has 0 bridgehead atoms. The van der Waals surface area contributed by atoms with Crippen molar-refractivity contribution in [1.82, 2.24) is 14.8 Å². The summed E-state index contributed by atoms with van der Waals surface area (Å²) in [4.78, 5) is 43.7. The zero-order valence-electron chi connectivity index (χ0n) is 19.2. The third kappa shape index (κ3) is 5.51. The van der Waals surface area contributed by atoms with Crippen molar-refractivity contribution in [2.24, 2.45) is 0 Å². The molecule has 9 nitrogen and oxygen atoms in total. The van der Waals surface area contributed by atoms with Crippen LogP contribution >= 0.6 is 11.3 Å². The number of ether oxygens (including phenoxy) is 1. The second-order valence-corrected chi connectivity index (χ2v) is 9.01. The molecule has 0 aliphatic carbocycles. The lowest BCUT2D eigenvalue weighted by molar-refractivity contribution is -0.117. The van der Waals surface area contributed by atoms with E-state index in [4.69, 9.17) is 4.74 Å². The van der Waals surface area contributed by atoms with Crippen molar-refractivity contribution in [2.45, 2.75) is 39.7 Å². The molecule has 1 saturated heterocycles. The molecule has 1 amide bonds. The molecule has 34 heavy (non-hydrogen) atoms. The van der Waals surface area contributed by atoms with Gasteiger partial charge in [0, 0.05) is 30.4 Å². The van der Waals surface area contributed by atoms with Gasteiger partial charge in [0.1, 0.15) is 11.4 Å². The van der Waals surface area contributed by atoms with E-state index in [9.17, 15) is 14.4 Å². The number of aryl methyl sites for hydroxylation is 1. The molecule has 4 rings (SSSR count). The molecule has 10 heteroatoms. The third-order valence-corrected chi connectivity index (χ3v) is 6.60. The summed E-state index contributed by atoms with van der Waals surface area (Å²) < 4.78 is 6.12. The van der Waals surface area contributed by atoms with E-state index in [1.54, 1.807) is 19.9 Å². The molecular formula is C24H27N5O4S. The van der Waals surface area contributed by atoms with Gasteiger partial charge < -0.3 is 15.0 Å². The minimum atomic E-state index is -0.477. The number of hydrogen-bond donors (Lipinski definition) is 1. The van der Waals surface area contributed by atoms with Gasteiger partial charge in [0.2, 0.25) is 5.91 Å². The molecule has 1 aliphatic heterocycles. The van der Waals surface area contributed by atoms with Crippen LogP contribution in [0, 0.1) is 6.92 Å². The van der Waals surface area contributed by atoms with Crippen molar-refractivity contribution >= 4 is 34.0 Å². The lowest BCUT2D eigenvalue weighted by Gasteiger charge is -2.28. The number of nitrogens with zero attached hydrogens (tertiary/aromatic N) is 4. The van der Waals surface area contributed by atoms with Crippen molar-refractivity contribution in [2.75, 3.05) is 29.9 Å². The maximum absolute atomic E-state index is 12.6. The summed E-state index contributed by atoms with van der Waals surface area (Å²) in [6.45, 7) is 5.51. The molecule has 0 saturated carbocycles. The Hall–Kier alpha value is -3.53. The van der Waals surface area contributed by atoms with Crippen LogP contribution in [0.25, 0.3) is 11.3 Å². The maximum atomic E-state index is 12.6. The molecule has 1 N–H and O–H groups in total. The topological polar surface area (TPSA) is 106 Å². The van der Waals surface area contributed by atoms with E-state index in [1.807, 2.05) is 12.1 Å². The second kappa shape index (κ2) is 10.6. The molecule has 1 aromatic carbocycles. The lowest BCUT2D eigenvalue weighted by Crippen LogP contribution is -2.29. The fourth-order valence-electron chi connectivity index (χ4n) is 3.84. The minimum Gasteiger partial charge on any atom is -0.462 e. The first-order chi connectivity index (χ1) is 16.4. The largest absolute Gasteiger partial charge is 0.462 e. The van der Waals surface area contributed by atoms with Crippen LogP contribution in [-0.4, -0.2) is 46.3 Å². The summed E-state index contributed by atoms with van der Waals surface area (Å²) in [6, 6.07) is 11.2. The molecule has 178 valence electrons. The van der Waals surface area contributed by atoms with Gasteiger partial charge in [0.05, 0.1) is 18.0 Å². The lowest BCUT2D eigenvalue weighted by atomic mass is 10.1. The first kappa shape index (κ1) is 23.6. The SMILES string of the molecule is CCOC(=O)c1sc(NC(=O)Cn2nc(-c3ccc(N4CCCCC4)cc3)ccc2=O)nc1C. The second-order valence-electron chi connectivity index (χ2n) is 8.01. The molecule has 2 aromatic heterocycles. The molecule has 3 heterocycles. The fourth-order valence-corrected chi connectivity index (χ4v) is 4.72. The standard InChI is InChI=1S/C24H27N5O4S/c1-3-33-23(32)22-16(2)25-24(34-22)26-20(30)15-29-21(31)12-11-19(27-29)17-7-9-18(10-8-17)28-13-5-4-6-14-28/h7-12H,3-6,13-15H2,1-2H3,(H,25,26,30). The van der Waals surface area contributed by atoms with Crippen LogP contribution < -0.4 is 15.8 Å². The molecule has 0 unspecified atom stereocenters. The molecule has 0 spiro atoms. The zero-order valence-corrected chi connectivity index (χ0v) is 20.1. The Morgan fingerprint density at radius 2 is 1.82 bits per heavy atom. The number of aromatic nitrogens is 3. The Morgan fingerprint density at radius 1 is 1.09 bits per heavy atom. The summed E-state index contributed by atoms with van der Waals surface area (Å²) in [7, 11) is 0. The van der Waals surface area contributed by atoms with Gasteiger partial charge in [0.15, 0.2) is 5.13 Å². The van der Waals surface area contributed by atoms with Crippen LogP contribution in [0.3, 0.4) is 0 Å². The Balaban J connectivity index is 1.45. The quantitative estimate of drug-likeness (QED) is 0.515. The van der Waals surface area contributed by atoms with E-state index in [2.05, 4.69) is 32.4 Å². The molecule has 0 radical (unpaired) electrons. The van der Waals surface area contributed by atoms with Gasteiger partial charge in [-0.2, -0.15) is 5.10 Å². The van der Waals surface area contributed by atoms with Crippen molar-refractivity contribution < 1.29 is 14.3 Å². The van der Waals surface area contributed by atoms with Crippen LogP contribution in [0.1, 0.15) is 41.6 Å². The van der Waals surface area contributed by atoms with Crippen molar-refractivity contribution in [1.29, 1.82) is 0 Å². The molecular weight excluding hydrogens is 454 g/mol. The van der Waals surface area contributed by atoms with Crippen molar-refractivity contribution in [3.63, 3.8) is 0 Å². The molecule has 1 aliphatic rings. The summed E-state index contributed by atoms with van der Waals surface area (Å²) in [5.74, 6) is -0.939. The maximum Gasteiger partial charge on any atom is 0.350 e. The molecule has 3 aromatic rings. The van der Waals surface area contributed by atoms with Gasteiger partial charge in [-0.15, -0.1) is 0 Å². The third-order valence-electron chi connectivity index (χ3n) is 5.55. The summed E-state index contributed by atoms with van der Waals surface area (Å²) >= 11 is 1.03. The van der Waals surface area contributed by atoms with E-state index in [0.29, 0.717) is 16.3 Å². The van der Waals surface area contributed by atoms with Gasteiger partial charge in [-0.1, -0.05) is 23.5 Å². The predicted molar refractivity (Wildman–Crippen MR) is 131 cm³/mol. The van der Waals surface area contributed by atoms with Crippen LogP contribution in [0.2, 0.25) is 0 Å². The van der Waals surface area contributed by atoms with E-state index < -0.39 is 11.9 Å². The highest BCUT2D eigenvalue weighted by atomic mass is 32.1. The predicted octanol–water partition coefficient (Wildman–Crippen LogP) is 3.48. The number of piperidine rings is 1. The smallest absolute Gasteiger partial charge is 0.350 e. The van der Waals surface area contributed by atoms with Crippen LogP contribution in [0.15, 0.2) is 41.2 Å². The number of anilines is 2. The Bertz CT molecular complexity index is 1230. The summed E-state index contributed by atoms with van der Waals surface area (Å²) in [5.41, 5.74) is 2.74. The van der Waals surface area contributed by atoms with Gasteiger partial charge in [-0.25, -0.2) is 14.5 Å². The van der Waals surface area contributed by atoms with Gasteiger partial charge in [-0.05, 0) is 51.3 Å². The Morgan fingerprint density at radius 3 is 2.53 bits per heavy atom. The number of amides is 1. The fraction of sp³-hybridized carbons (Fsp3) is 0.375. The van der Waals surface area contributed by atoms with Crippen molar-refractivity contribution in [3.8, 4) is 11.3 Å². The summed E-state index contributed by atoms with van der Waals surface area (Å²) in [5, 5.41) is 7.28. The minimum absolute atomic E-state index is 0.254. The number of carbonyl (C=O) groups excluding carboxylic acids is 2. The molecule has 0 atom stereocenters. The van der Waals surface area contributed by atoms with E-state index in [-0.39, 0.29) is 23.8 Å². The number of benzene rings is 1. The van der Waals surface area contributed by atoms with Crippen molar-refractivity contribution in [3.05, 3.63) is 57.3 Å². The average Bonchev–Trinajstić information content (AvgIpc) is 3.21. The average molecular weight is 482 g/mol. The molecule has 1 fully saturated rings. The Kier molecular flexibility index (Phi) is 7.36. The number of nitrogens with one attached hydrogen (secondary N) is 1. The van der Waals surface area contributed by atoms with E-state index in [0.717, 1.165) is 34.7 Å². The highest BCUT2D eigenvalue weighted by molar-refractivity contribution is 7.17. The normalized spacial score (nSPS) is 13.5. The highest BCUT2D eigenvalue weighted by Crippen LogP contribution is 2.25. The number of hydrogen-bond acceptors (Lipinski definition) is 8. The van der Waals surface area contributed by atoms with Crippen LogP contribution in [0.5, 0.6) is 0 Å². The van der Waals surface area contributed by atoms with E-state index in [1.165, 1.54) is 31.0 Å². The van der Waals surface area contributed by atoms with Gasteiger partial charge in [-0.3, -0.25) is 9.59 Å². The first-order valence-corrected chi connectivity index (χ1v) is 12.1. The number of carbonyl (C=O) groups is 2. The Labute approximate surface area is 201 Å². The first-order valence-electron chi connectivity index (χ1n) is 11.3. The van der Waals surface area contributed by atoms with Gasteiger partial charge >= 0.3 is 5.97 Å². The number of thiazole rings is 1. The van der Waals surface area contributed by atoms with Gasteiger partial charge in [0.25, 0.3) is 5.56 Å². The van der Waals surface area contributed by atoms with Crippen LogP contribution in [0.4, 0.5) is 10.8 Å². The zero-order chi connectivity index (χ0) is 24.1. The number of esters is 1.